The molecule has 0 radical (unpaired) electrons. The number of carbonyl (C=O) groups is 1. The molecule has 0 aliphatic carbocycles. The summed E-state index contributed by atoms with van der Waals surface area (Å²) >= 11 is 0. The van der Waals surface area contributed by atoms with Crippen LogP contribution in [0.3, 0.4) is 0 Å². The van der Waals surface area contributed by atoms with Crippen LogP contribution in [0.5, 0.6) is 0 Å². The molecule has 1 amide bonds. The molecule has 0 saturated carbocycles. The molecule has 0 saturated heterocycles. The van der Waals surface area contributed by atoms with Crippen LogP contribution >= 0.6 is 0 Å². The molecule has 3 N–H and O–H groups in total. The third kappa shape index (κ3) is 2.94. The molecule has 0 spiro atoms. The largest absolute Gasteiger partial charge is 0.398 e. The Labute approximate surface area is 120 Å². The highest BCUT2D eigenvalue weighted by Crippen LogP contribution is 2.29. The standard InChI is InChI=1S/C13H21N3O3S/c1-8-6-11(14)10(3)13(9(8)2)20(18,19)16(5)7-12(17)15-4/h6H,7,14H2,1-5H3,(H,15,17). The smallest absolute Gasteiger partial charge is 0.243 e. The first-order valence-electron chi connectivity index (χ1n) is 6.16. The molecule has 1 rings (SSSR count). The lowest BCUT2D eigenvalue weighted by Gasteiger charge is -2.21. The van der Waals surface area contributed by atoms with Crippen LogP contribution in [0.4, 0.5) is 5.69 Å². The normalized spacial score (nSPS) is 11.7. The summed E-state index contributed by atoms with van der Waals surface area (Å²) in [6, 6.07) is 1.75. The Morgan fingerprint density at radius 1 is 1.30 bits per heavy atom. The van der Waals surface area contributed by atoms with Crippen molar-refractivity contribution in [3.63, 3.8) is 0 Å². The van der Waals surface area contributed by atoms with Crippen LogP contribution in [0.2, 0.25) is 0 Å². The minimum atomic E-state index is -3.76. The van der Waals surface area contributed by atoms with Crippen LogP contribution in [0, 0.1) is 20.8 Å². The number of hydrogen-bond donors (Lipinski definition) is 2. The van der Waals surface area contributed by atoms with Gasteiger partial charge in [0.05, 0.1) is 11.4 Å². The average molecular weight is 299 g/mol. The van der Waals surface area contributed by atoms with Gasteiger partial charge in [-0.2, -0.15) is 4.31 Å². The van der Waals surface area contributed by atoms with Crippen LogP contribution in [0.15, 0.2) is 11.0 Å². The number of carbonyl (C=O) groups excluding carboxylic acids is 1. The summed E-state index contributed by atoms with van der Waals surface area (Å²) in [5.74, 6) is -0.369. The highest BCUT2D eigenvalue weighted by molar-refractivity contribution is 7.89. The van der Waals surface area contributed by atoms with Crippen molar-refractivity contribution in [3.05, 3.63) is 22.8 Å². The topological polar surface area (TPSA) is 92.5 Å². The number of amides is 1. The van der Waals surface area contributed by atoms with Gasteiger partial charge in [0.1, 0.15) is 0 Å². The molecule has 20 heavy (non-hydrogen) atoms. The zero-order valence-electron chi connectivity index (χ0n) is 12.4. The maximum Gasteiger partial charge on any atom is 0.243 e. The monoisotopic (exact) mass is 299 g/mol. The van der Waals surface area contributed by atoms with Crippen molar-refractivity contribution in [3.8, 4) is 0 Å². The van der Waals surface area contributed by atoms with Crippen molar-refractivity contribution >= 4 is 21.6 Å². The third-order valence-electron chi connectivity index (χ3n) is 3.39. The molecule has 0 unspecified atom stereocenters. The van der Waals surface area contributed by atoms with E-state index in [0.29, 0.717) is 16.8 Å². The summed E-state index contributed by atoms with van der Waals surface area (Å²) in [5, 5.41) is 2.40. The maximum absolute atomic E-state index is 12.6. The van der Waals surface area contributed by atoms with E-state index in [0.717, 1.165) is 9.87 Å². The van der Waals surface area contributed by atoms with Gasteiger partial charge in [0.25, 0.3) is 0 Å². The Hall–Kier alpha value is -1.60. The fourth-order valence-electron chi connectivity index (χ4n) is 1.95. The summed E-state index contributed by atoms with van der Waals surface area (Å²) in [7, 11) is -0.919. The van der Waals surface area contributed by atoms with Crippen molar-refractivity contribution < 1.29 is 13.2 Å². The van der Waals surface area contributed by atoms with E-state index in [9.17, 15) is 13.2 Å². The number of nitrogens with one attached hydrogen (secondary N) is 1. The number of benzene rings is 1. The number of rotatable bonds is 4. The Morgan fingerprint density at radius 3 is 2.35 bits per heavy atom. The van der Waals surface area contributed by atoms with E-state index in [1.165, 1.54) is 14.1 Å². The second kappa shape index (κ2) is 5.80. The molecule has 7 heteroatoms. The van der Waals surface area contributed by atoms with Gasteiger partial charge in [0.15, 0.2) is 0 Å². The highest BCUT2D eigenvalue weighted by Gasteiger charge is 2.27. The zero-order valence-corrected chi connectivity index (χ0v) is 13.3. The number of nitrogens with two attached hydrogens (primary N) is 1. The van der Waals surface area contributed by atoms with Gasteiger partial charge in [-0.05, 0) is 43.5 Å². The van der Waals surface area contributed by atoms with E-state index in [1.807, 2.05) is 6.92 Å². The van der Waals surface area contributed by atoms with Crippen LogP contribution in [0.25, 0.3) is 0 Å². The molecule has 0 bridgehead atoms. The van der Waals surface area contributed by atoms with E-state index >= 15 is 0 Å². The minimum Gasteiger partial charge on any atom is -0.398 e. The molecule has 1 aromatic rings. The van der Waals surface area contributed by atoms with Crippen molar-refractivity contribution in [1.82, 2.24) is 9.62 Å². The van der Waals surface area contributed by atoms with E-state index in [-0.39, 0.29) is 17.3 Å². The van der Waals surface area contributed by atoms with Gasteiger partial charge >= 0.3 is 0 Å². The quantitative estimate of drug-likeness (QED) is 0.795. The molecular weight excluding hydrogens is 278 g/mol. The summed E-state index contributed by atoms with van der Waals surface area (Å²) in [4.78, 5) is 11.5. The van der Waals surface area contributed by atoms with Crippen molar-refractivity contribution in [2.24, 2.45) is 0 Å². The third-order valence-corrected chi connectivity index (χ3v) is 5.47. The first-order valence-corrected chi connectivity index (χ1v) is 7.60. The molecule has 0 fully saturated rings. The van der Waals surface area contributed by atoms with Gasteiger partial charge in [-0.15, -0.1) is 0 Å². The molecule has 112 valence electrons. The molecule has 1 aromatic carbocycles. The lowest BCUT2D eigenvalue weighted by molar-refractivity contribution is -0.120. The van der Waals surface area contributed by atoms with Crippen molar-refractivity contribution in [2.45, 2.75) is 25.7 Å². The lowest BCUT2D eigenvalue weighted by Crippen LogP contribution is -2.37. The van der Waals surface area contributed by atoms with Gasteiger partial charge in [-0.25, -0.2) is 8.42 Å². The maximum atomic E-state index is 12.6. The molecule has 0 aromatic heterocycles. The Bertz CT molecular complexity index is 613. The number of aryl methyl sites for hydroxylation is 1. The lowest BCUT2D eigenvalue weighted by atomic mass is 10.1. The molecule has 0 aliphatic heterocycles. The average Bonchev–Trinajstić information content (AvgIpc) is 2.36. The molecule has 0 aliphatic rings. The summed E-state index contributed by atoms with van der Waals surface area (Å²) in [6.45, 7) is 4.99. The first-order chi connectivity index (χ1) is 9.12. The number of nitrogens with zero attached hydrogens (tertiary/aromatic N) is 1. The SMILES string of the molecule is CNC(=O)CN(C)S(=O)(=O)c1c(C)c(C)cc(N)c1C. The highest BCUT2D eigenvalue weighted by atomic mass is 32.2. The Balaban J connectivity index is 3.40. The molecule has 0 heterocycles. The number of nitrogen functional groups attached to an aromatic ring is 1. The van der Waals surface area contributed by atoms with E-state index < -0.39 is 10.0 Å². The predicted octanol–water partition coefficient (Wildman–Crippen LogP) is 0.561. The molecular formula is C13H21N3O3S. The van der Waals surface area contributed by atoms with Crippen LogP contribution in [-0.4, -0.2) is 39.3 Å². The van der Waals surface area contributed by atoms with Gasteiger partial charge < -0.3 is 11.1 Å². The minimum absolute atomic E-state index is 0.182. The first kappa shape index (κ1) is 16.5. The van der Waals surface area contributed by atoms with E-state index in [2.05, 4.69) is 5.32 Å². The second-order valence-electron chi connectivity index (χ2n) is 4.80. The zero-order chi connectivity index (χ0) is 15.7. The fraction of sp³-hybridized carbons (Fsp3) is 0.462. The van der Waals surface area contributed by atoms with Crippen LogP contribution < -0.4 is 11.1 Å². The van der Waals surface area contributed by atoms with Gasteiger partial charge in [0, 0.05) is 19.8 Å². The van der Waals surface area contributed by atoms with Crippen molar-refractivity contribution in [2.75, 3.05) is 26.4 Å². The van der Waals surface area contributed by atoms with Crippen molar-refractivity contribution in [1.29, 1.82) is 0 Å². The van der Waals surface area contributed by atoms with Crippen LogP contribution in [-0.2, 0) is 14.8 Å². The number of sulfonamides is 1. The number of hydrogen-bond acceptors (Lipinski definition) is 4. The molecule has 0 atom stereocenters. The molecule has 6 nitrogen and oxygen atoms in total. The number of likely N-dealkylation sites (N-methyl/N-ethyl adjacent to an activating group) is 2. The fourth-order valence-corrected chi connectivity index (χ4v) is 3.60. The van der Waals surface area contributed by atoms with Crippen LogP contribution in [0.1, 0.15) is 16.7 Å². The Morgan fingerprint density at radius 2 is 1.85 bits per heavy atom. The summed E-state index contributed by atoms with van der Waals surface area (Å²) < 4.78 is 26.3. The predicted molar refractivity (Wildman–Crippen MR) is 78.9 cm³/mol. The van der Waals surface area contributed by atoms with Gasteiger partial charge in [0.2, 0.25) is 15.9 Å². The van der Waals surface area contributed by atoms with E-state index in [4.69, 9.17) is 5.73 Å². The van der Waals surface area contributed by atoms with Gasteiger partial charge in [-0.1, -0.05) is 0 Å². The summed E-state index contributed by atoms with van der Waals surface area (Å²) in [5.41, 5.74) is 8.25. The van der Waals surface area contributed by atoms with E-state index in [1.54, 1.807) is 19.9 Å². The second-order valence-corrected chi connectivity index (χ2v) is 6.78. The summed E-state index contributed by atoms with van der Waals surface area (Å²) in [6.07, 6.45) is 0. The number of anilines is 1. The Kier molecular flexibility index (Phi) is 4.77. The van der Waals surface area contributed by atoms with Gasteiger partial charge in [-0.3, -0.25) is 4.79 Å².